The van der Waals surface area contributed by atoms with E-state index < -0.39 is 6.10 Å². The summed E-state index contributed by atoms with van der Waals surface area (Å²) in [4.78, 5) is 4.47. The lowest BCUT2D eigenvalue weighted by Gasteiger charge is -2.21. The van der Waals surface area contributed by atoms with Gasteiger partial charge >= 0.3 is 0 Å². The zero-order chi connectivity index (χ0) is 17.8. The van der Waals surface area contributed by atoms with E-state index in [1.54, 1.807) is 7.11 Å². The molecule has 1 unspecified atom stereocenters. The number of hydrogen-bond acceptors (Lipinski definition) is 4. The first-order valence-electron chi connectivity index (χ1n) is 8.34. The summed E-state index contributed by atoms with van der Waals surface area (Å²) >= 11 is 0. The molecule has 0 amide bonds. The third-order valence-electron chi connectivity index (χ3n) is 3.44. The molecular formula is C18H31N3O3. The van der Waals surface area contributed by atoms with Crippen molar-refractivity contribution >= 4 is 5.96 Å². The Bertz CT molecular complexity index is 478. The van der Waals surface area contributed by atoms with Crippen molar-refractivity contribution in [3.8, 4) is 0 Å². The first-order chi connectivity index (χ1) is 11.5. The van der Waals surface area contributed by atoms with Crippen molar-refractivity contribution in [2.45, 2.75) is 39.1 Å². The SMILES string of the molecule is CCNC(=NCC(C)(C)OC)NCC(O)COCc1ccccc1. The second kappa shape index (κ2) is 11.0. The minimum Gasteiger partial charge on any atom is -0.389 e. The zero-order valence-corrected chi connectivity index (χ0v) is 15.2. The van der Waals surface area contributed by atoms with Crippen molar-refractivity contribution in [1.29, 1.82) is 0 Å². The van der Waals surface area contributed by atoms with E-state index in [4.69, 9.17) is 9.47 Å². The van der Waals surface area contributed by atoms with Gasteiger partial charge in [-0.2, -0.15) is 0 Å². The third-order valence-corrected chi connectivity index (χ3v) is 3.44. The smallest absolute Gasteiger partial charge is 0.191 e. The van der Waals surface area contributed by atoms with Crippen molar-refractivity contribution in [2.24, 2.45) is 4.99 Å². The highest BCUT2D eigenvalue weighted by Crippen LogP contribution is 2.07. The quantitative estimate of drug-likeness (QED) is 0.446. The van der Waals surface area contributed by atoms with Crippen LogP contribution in [0.2, 0.25) is 0 Å². The summed E-state index contributed by atoms with van der Waals surface area (Å²) in [7, 11) is 1.67. The van der Waals surface area contributed by atoms with Crippen molar-refractivity contribution in [2.75, 3.05) is 33.4 Å². The lowest BCUT2D eigenvalue weighted by atomic mass is 10.1. The molecule has 0 spiro atoms. The lowest BCUT2D eigenvalue weighted by Crippen LogP contribution is -2.43. The number of aliphatic hydroxyl groups excluding tert-OH is 1. The molecule has 0 bridgehead atoms. The number of benzene rings is 1. The van der Waals surface area contributed by atoms with Crippen LogP contribution in [0.3, 0.4) is 0 Å². The fourth-order valence-corrected chi connectivity index (χ4v) is 1.84. The zero-order valence-electron chi connectivity index (χ0n) is 15.2. The van der Waals surface area contributed by atoms with Gasteiger partial charge in [0.1, 0.15) is 0 Å². The van der Waals surface area contributed by atoms with Crippen LogP contribution in [-0.4, -0.2) is 56.1 Å². The topological polar surface area (TPSA) is 75.1 Å². The predicted molar refractivity (Wildman–Crippen MR) is 97.2 cm³/mol. The van der Waals surface area contributed by atoms with Crippen LogP contribution in [0.25, 0.3) is 0 Å². The Morgan fingerprint density at radius 3 is 2.58 bits per heavy atom. The van der Waals surface area contributed by atoms with Crippen LogP contribution in [-0.2, 0) is 16.1 Å². The summed E-state index contributed by atoms with van der Waals surface area (Å²) in [6, 6.07) is 9.90. The predicted octanol–water partition coefficient (Wildman–Crippen LogP) is 1.54. The molecule has 0 aromatic heterocycles. The van der Waals surface area contributed by atoms with Gasteiger partial charge in [-0.1, -0.05) is 30.3 Å². The molecule has 0 heterocycles. The van der Waals surface area contributed by atoms with Crippen LogP contribution >= 0.6 is 0 Å². The number of guanidine groups is 1. The van der Waals surface area contributed by atoms with Crippen molar-refractivity contribution in [3.05, 3.63) is 35.9 Å². The van der Waals surface area contributed by atoms with E-state index in [0.29, 0.717) is 25.7 Å². The van der Waals surface area contributed by atoms with Gasteiger partial charge in [-0.15, -0.1) is 0 Å². The van der Waals surface area contributed by atoms with E-state index in [2.05, 4.69) is 15.6 Å². The maximum atomic E-state index is 10.0. The molecule has 24 heavy (non-hydrogen) atoms. The van der Waals surface area contributed by atoms with E-state index in [1.807, 2.05) is 51.1 Å². The minimum atomic E-state index is -0.604. The van der Waals surface area contributed by atoms with Crippen LogP contribution in [0.15, 0.2) is 35.3 Å². The average molecular weight is 337 g/mol. The highest BCUT2D eigenvalue weighted by molar-refractivity contribution is 5.79. The fourth-order valence-electron chi connectivity index (χ4n) is 1.84. The van der Waals surface area contributed by atoms with Gasteiger partial charge in [0.25, 0.3) is 0 Å². The molecule has 3 N–H and O–H groups in total. The highest BCUT2D eigenvalue weighted by Gasteiger charge is 2.16. The molecule has 0 saturated carbocycles. The number of ether oxygens (including phenoxy) is 2. The van der Waals surface area contributed by atoms with Crippen molar-refractivity contribution < 1.29 is 14.6 Å². The molecular weight excluding hydrogens is 306 g/mol. The molecule has 0 aliphatic heterocycles. The standard InChI is InChI=1S/C18H31N3O3/c1-5-19-17(21-14-18(2,3)23-4)20-11-16(22)13-24-12-15-9-7-6-8-10-15/h6-10,16,22H,5,11-14H2,1-4H3,(H2,19,20,21). The molecule has 6 nitrogen and oxygen atoms in total. The van der Waals surface area contributed by atoms with Crippen molar-refractivity contribution in [3.63, 3.8) is 0 Å². The second-order valence-corrected chi connectivity index (χ2v) is 6.19. The Morgan fingerprint density at radius 1 is 1.25 bits per heavy atom. The Labute approximate surface area is 145 Å². The molecule has 6 heteroatoms. The van der Waals surface area contributed by atoms with E-state index in [-0.39, 0.29) is 12.2 Å². The summed E-state index contributed by atoms with van der Waals surface area (Å²) in [5.41, 5.74) is 0.772. The van der Waals surface area contributed by atoms with E-state index in [1.165, 1.54) is 0 Å². The Balaban J connectivity index is 2.33. The van der Waals surface area contributed by atoms with Gasteiger partial charge in [-0.3, -0.25) is 4.99 Å². The maximum Gasteiger partial charge on any atom is 0.191 e. The molecule has 136 valence electrons. The van der Waals surface area contributed by atoms with Gasteiger partial charge in [0.2, 0.25) is 0 Å². The van der Waals surface area contributed by atoms with Gasteiger partial charge in [0, 0.05) is 20.2 Å². The first kappa shape index (κ1) is 20.4. The van der Waals surface area contributed by atoms with Crippen LogP contribution in [0.5, 0.6) is 0 Å². The normalized spacial score (nSPS) is 13.6. The van der Waals surface area contributed by atoms with Gasteiger partial charge in [0.05, 0.1) is 31.5 Å². The first-order valence-corrected chi connectivity index (χ1v) is 8.34. The summed E-state index contributed by atoms with van der Waals surface area (Å²) in [6.45, 7) is 8.36. The van der Waals surface area contributed by atoms with Crippen LogP contribution < -0.4 is 10.6 Å². The van der Waals surface area contributed by atoms with Gasteiger partial charge in [-0.25, -0.2) is 0 Å². The summed E-state index contributed by atoms with van der Waals surface area (Å²) in [5, 5.41) is 16.3. The number of aliphatic hydroxyl groups is 1. The molecule has 1 atom stereocenters. The highest BCUT2D eigenvalue weighted by atomic mass is 16.5. The molecule has 0 aliphatic carbocycles. The fraction of sp³-hybridized carbons (Fsp3) is 0.611. The Hall–Kier alpha value is -1.63. The van der Waals surface area contributed by atoms with Gasteiger partial charge in [-0.05, 0) is 26.3 Å². The van der Waals surface area contributed by atoms with Crippen molar-refractivity contribution in [1.82, 2.24) is 10.6 Å². The maximum absolute atomic E-state index is 10.0. The third kappa shape index (κ3) is 8.86. The number of nitrogens with zero attached hydrogens (tertiary/aromatic N) is 1. The monoisotopic (exact) mass is 337 g/mol. The van der Waals surface area contributed by atoms with E-state index in [0.717, 1.165) is 12.1 Å². The van der Waals surface area contributed by atoms with Crippen LogP contribution in [0.1, 0.15) is 26.3 Å². The largest absolute Gasteiger partial charge is 0.389 e. The number of nitrogens with one attached hydrogen (secondary N) is 2. The van der Waals surface area contributed by atoms with Crippen LogP contribution in [0, 0.1) is 0 Å². The summed E-state index contributed by atoms with van der Waals surface area (Å²) in [5.74, 6) is 0.657. The minimum absolute atomic E-state index is 0.269. The molecule has 0 aliphatic rings. The van der Waals surface area contributed by atoms with Crippen LogP contribution in [0.4, 0.5) is 0 Å². The van der Waals surface area contributed by atoms with Gasteiger partial charge < -0.3 is 25.2 Å². The molecule has 1 rings (SSSR count). The summed E-state index contributed by atoms with van der Waals surface area (Å²) < 4.78 is 10.9. The number of rotatable bonds is 10. The van der Waals surface area contributed by atoms with Gasteiger partial charge in [0.15, 0.2) is 5.96 Å². The number of hydrogen-bond donors (Lipinski definition) is 3. The van der Waals surface area contributed by atoms with E-state index in [9.17, 15) is 5.11 Å². The number of aliphatic imine (C=N–C) groups is 1. The molecule has 1 aromatic rings. The average Bonchev–Trinajstić information content (AvgIpc) is 2.58. The molecule has 0 radical (unpaired) electrons. The molecule has 0 saturated heterocycles. The van der Waals surface area contributed by atoms with E-state index >= 15 is 0 Å². The molecule has 0 fully saturated rings. The number of methoxy groups -OCH3 is 1. The Kier molecular flexibility index (Phi) is 9.37. The second-order valence-electron chi connectivity index (χ2n) is 6.19. The Morgan fingerprint density at radius 2 is 1.96 bits per heavy atom. The molecule has 1 aromatic carbocycles. The lowest BCUT2D eigenvalue weighted by molar-refractivity contribution is 0.0296. The summed E-state index contributed by atoms with van der Waals surface area (Å²) in [6.07, 6.45) is -0.604.